The summed E-state index contributed by atoms with van der Waals surface area (Å²) in [5.74, 6) is -0.202. The van der Waals surface area contributed by atoms with Gasteiger partial charge in [0.2, 0.25) is 9.84 Å². The van der Waals surface area contributed by atoms with Gasteiger partial charge in [0.1, 0.15) is 0 Å². The average Bonchev–Trinajstić information content (AvgIpc) is 2.47. The van der Waals surface area contributed by atoms with Crippen LogP contribution >= 0.6 is 24.8 Å². The molecule has 2 rings (SSSR count). The van der Waals surface area contributed by atoms with Crippen LogP contribution in [0.3, 0.4) is 0 Å². The number of rotatable bonds is 4. The van der Waals surface area contributed by atoms with Gasteiger partial charge in [-0.3, -0.25) is 0 Å². The third kappa shape index (κ3) is 5.82. The van der Waals surface area contributed by atoms with E-state index in [2.05, 4.69) is 9.98 Å². The number of benzene rings is 2. The summed E-state index contributed by atoms with van der Waals surface area (Å²) >= 11 is 0. The summed E-state index contributed by atoms with van der Waals surface area (Å²) in [4.78, 5) is 7.92. The molecule has 0 aliphatic heterocycles. The molecule has 0 radical (unpaired) electrons. The smallest absolute Gasteiger partial charge is 0.206 e. The molecule has 0 amide bonds. The Morgan fingerprint density at radius 3 is 1.16 bits per heavy atom. The lowest BCUT2D eigenvalue weighted by atomic mass is 10.3. The first-order chi connectivity index (χ1) is 10.8. The van der Waals surface area contributed by atoms with Crippen LogP contribution in [0.25, 0.3) is 0 Å². The third-order valence-electron chi connectivity index (χ3n) is 2.81. The molecule has 2 aromatic carbocycles. The molecule has 0 saturated heterocycles. The van der Waals surface area contributed by atoms with Gasteiger partial charge in [-0.2, -0.15) is 0 Å². The van der Waals surface area contributed by atoms with Crippen molar-refractivity contribution < 1.29 is 8.42 Å². The zero-order valence-corrected chi connectivity index (χ0v) is 15.3. The van der Waals surface area contributed by atoms with Gasteiger partial charge >= 0.3 is 0 Å². The second-order valence-corrected chi connectivity index (χ2v) is 6.51. The van der Waals surface area contributed by atoms with Gasteiger partial charge in [-0.15, -0.1) is 24.8 Å². The summed E-state index contributed by atoms with van der Waals surface area (Å²) in [6.45, 7) is 0. The number of aliphatic imine (C=N–C) groups is 2. The minimum Gasteiger partial charge on any atom is -0.370 e. The molecule has 0 aliphatic carbocycles. The highest BCUT2D eigenvalue weighted by Crippen LogP contribution is 2.25. The molecule has 0 unspecified atom stereocenters. The van der Waals surface area contributed by atoms with Gasteiger partial charge in [0, 0.05) is 0 Å². The van der Waals surface area contributed by atoms with Crippen molar-refractivity contribution >= 4 is 57.9 Å². The van der Waals surface area contributed by atoms with Crippen LogP contribution in [0.1, 0.15) is 0 Å². The summed E-state index contributed by atoms with van der Waals surface area (Å²) in [7, 11) is -3.65. The maximum atomic E-state index is 12.5. The van der Waals surface area contributed by atoms with Crippen LogP contribution in [0.2, 0.25) is 0 Å². The standard InChI is InChI=1S/C14H16N6O2S.2ClH/c15-13(16)19-9-1-5-11(6-2-9)23(21,22)12-7-3-10(4-8-12)20-14(17)18;;/h1-8H,(H4,15,16,19)(H4,17,18,20);2*1H. The van der Waals surface area contributed by atoms with Crippen molar-refractivity contribution in [3.8, 4) is 0 Å². The zero-order chi connectivity index (χ0) is 17.0. The molecule has 0 saturated carbocycles. The minimum absolute atomic E-state index is 0. The maximum Gasteiger partial charge on any atom is 0.206 e. The molecule has 25 heavy (non-hydrogen) atoms. The van der Waals surface area contributed by atoms with Crippen molar-refractivity contribution in [2.45, 2.75) is 9.79 Å². The Labute approximate surface area is 157 Å². The van der Waals surface area contributed by atoms with Crippen molar-refractivity contribution in [2.75, 3.05) is 0 Å². The zero-order valence-electron chi connectivity index (χ0n) is 12.9. The molecule has 0 fully saturated rings. The topological polar surface area (TPSA) is 163 Å². The van der Waals surface area contributed by atoms with Crippen LogP contribution < -0.4 is 22.9 Å². The number of hydrogen-bond donors (Lipinski definition) is 4. The van der Waals surface area contributed by atoms with Crippen molar-refractivity contribution in [3.63, 3.8) is 0 Å². The van der Waals surface area contributed by atoms with Crippen LogP contribution in [0, 0.1) is 0 Å². The largest absolute Gasteiger partial charge is 0.370 e. The Kier molecular flexibility index (Phi) is 8.21. The molecular weight excluding hydrogens is 387 g/mol. The van der Waals surface area contributed by atoms with Gasteiger partial charge < -0.3 is 22.9 Å². The Balaban J connectivity index is 0.00000288. The molecular formula is C14H18Cl2N6O2S. The summed E-state index contributed by atoms with van der Waals surface area (Å²) in [5, 5.41) is 0. The van der Waals surface area contributed by atoms with Gasteiger partial charge in [-0.25, -0.2) is 18.4 Å². The normalized spacial score (nSPS) is 9.92. The summed E-state index contributed by atoms with van der Waals surface area (Å²) < 4.78 is 25.1. The van der Waals surface area contributed by atoms with Gasteiger partial charge in [0.15, 0.2) is 11.9 Å². The van der Waals surface area contributed by atoms with Gasteiger partial charge in [0.25, 0.3) is 0 Å². The predicted molar refractivity (Wildman–Crippen MR) is 104 cm³/mol. The molecule has 0 heterocycles. The highest BCUT2D eigenvalue weighted by molar-refractivity contribution is 7.91. The van der Waals surface area contributed by atoms with E-state index in [-0.39, 0.29) is 46.5 Å². The van der Waals surface area contributed by atoms with Gasteiger partial charge in [-0.1, -0.05) is 0 Å². The second-order valence-electron chi connectivity index (χ2n) is 4.56. The predicted octanol–water partition coefficient (Wildman–Crippen LogP) is 1.17. The van der Waals surface area contributed by atoms with E-state index < -0.39 is 9.84 Å². The quantitative estimate of drug-likeness (QED) is 0.441. The lowest BCUT2D eigenvalue weighted by Crippen LogP contribution is -2.21. The fraction of sp³-hybridized carbons (Fsp3) is 0. The van der Waals surface area contributed by atoms with Crippen LogP contribution in [0.5, 0.6) is 0 Å². The lowest BCUT2D eigenvalue weighted by Gasteiger charge is -2.05. The maximum absolute atomic E-state index is 12.5. The van der Waals surface area contributed by atoms with Gasteiger partial charge in [0.05, 0.1) is 21.2 Å². The molecule has 0 bridgehead atoms. The van der Waals surface area contributed by atoms with E-state index in [1.165, 1.54) is 48.5 Å². The van der Waals surface area contributed by atoms with E-state index in [0.717, 1.165) is 0 Å². The van der Waals surface area contributed by atoms with E-state index in [1.807, 2.05) is 0 Å². The number of halogens is 2. The fourth-order valence-corrected chi connectivity index (χ4v) is 3.09. The number of nitrogens with zero attached hydrogens (tertiary/aromatic N) is 2. The molecule has 8 N–H and O–H groups in total. The molecule has 2 aromatic rings. The van der Waals surface area contributed by atoms with E-state index >= 15 is 0 Å². The molecule has 136 valence electrons. The lowest BCUT2D eigenvalue weighted by molar-refractivity contribution is 0.596. The highest BCUT2D eigenvalue weighted by atomic mass is 35.5. The van der Waals surface area contributed by atoms with E-state index in [9.17, 15) is 8.42 Å². The second kappa shape index (κ2) is 9.11. The first-order valence-electron chi connectivity index (χ1n) is 6.43. The molecule has 11 heteroatoms. The molecule has 0 aromatic heterocycles. The van der Waals surface area contributed by atoms with Crippen LogP contribution in [-0.2, 0) is 9.84 Å². The Bertz CT molecular complexity index is 790. The Morgan fingerprint density at radius 1 is 0.640 bits per heavy atom. The summed E-state index contributed by atoms with van der Waals surface area (Å²) in [5.41, 5.74) is 22.0. The third-order valence-corrected chi connectivity index (χ3v) is 4.60. The van der Waals surface area contributed by atoms with Gasteiger partial charge in [-0.05, 0) is 48.5 Å². The minimum atomic E-state index is -3.65. The Morgan fingerprint density at radius 2 is 0.920 bits per heavy atom. The number of sulfone groups is 1. The van der Waals surface area contributed by atoms with Crippen molar-refractivity contribution in [2.24, 2.45) is 32.9 Å². The van der Waals surface area contributed by atoms with Crippen molar-refractivity contribution in [1.29, 1.82) is 0 Å². The SMILES string of the molecule is Cl.Cl.NC(N)=Nc1ccc(S(=O)(=O)c2ccc(N=C(N)N)cc2)cc1. The molecule has 8 nitrogen and oxygen atoms in total. The van der Waals surface area contributed by atoms with E-state index in [0.29, 0.717) is 11.4 Å². The van der Waals surface area contributed by atoms with E-state index in [4.69, 9.17) is 22.9 Å². The summed E-state index contributed by atoms with van der Waals surface area (Å²) in [6, 6.07) is 11.8. The number of nitrogens with two attached hydrogens (primary N) is 4. The molecule has 0 atom stereocenters. The van der Waals surface area contributed by atoms with Crippen LogP contribution in [0.4, 0.5) is 11.4 Å². The summed E-state index contributed by atoms with van der Waals surface area (Å²) in [6.07, 6.45) is 0. The monoisotopic (exact) mass is 404 g/mol. The number of guanidine groups is 2. The number of hydrogen-bond acceptors (Lipinski definition) is 4. The molecule has 0 spiro atoms. The Hall–Kier alpha value is -2.49. The first-order valence-corrected chi connectivity index (χ1v) is 7.92. The first kappa shape index (κ1) is 22.5. The average molecular weight is 405 g/mol. The highest BCUT2D eigenvalue weighted by Gasteiger charge is 2.17. The molecule has 0 aliphatic rings. The van der Waals surface area contributed by atoms with Crippen molar-refractivity contribution in [3.05, 3.63) is 48.5 Å². The van der Waals surface area contributed by atoms with Crippen LogP contribution in [0.15, 0.2) is 68.3 Å². The van der Waals surface area contributed by atoms with Crippen molar-refractivity contribution in [1.82, 2.24) is 0 Å². The van der Waals surface area contributed by atoms with Crippen LogP contribution in [-0.4, -0.2) is 20.3 Å². The van der Waals surface area contributed by atoms with E-state index in [1.54, 1.807) is 0 Å². The fourth-order valence-electron chi connectivity index (χ4n) is 1.83.